The summed E-state index contributed by atoms with van der Waals surface area (Å²) in [7, 11) is 0. The van der Waals surface area contributed by atoms with E-state index in [1.807, 2.05) is 6.07 Å². The third-order valence-electron chi connectivity index (χ3n) is 3.37. The first-order valence-electron chi connectivity index (χ1n) is 7.08. The standard InChI is InChI=1S/C17H12Cl3FN2S/c18-11-5-4-10(13(20)6-11)7-22-9-16-23-8-15(24-16)17-12(19)2-1-3-14(17)21/h1-6,8,22H,7,9H2. The zero-order valence-electron chi connectivity index (χ0n) is 12.3. The molecule has 1 N–H and O–H groups in total. The Kier molecular flexibility index (Phi) is 5.74. The van der Waals surface area contributed by atoms with Gasteiger partial charge in [-0.2, -0.15) is 0 Å². The van der Waals surface area contributed by atoms with E-state index in [2.05, 4.69) is 10.3 Å². The van der Waals surface area contributed by atoms with E-state index in [0.717, 1.165) is 10.6 Å². The minimum atomic E-state index is -0.349. The van der Waals surface area contributed by atoms with Gasteiger partial charge in [0.05, 0.1) is 9.90 Å². The molecule has 0 saturated carbocycles. The number of nitrogens with zero attached hydrogens (tertiary/aromatic N) is 1. The summed E-state index contributed by atoms with van der Waals surface area (Å²) in [5.74, 6) is -0.349. The second-order valence-electron chi connectivity index (χ2n) is 5.05. The molecule has 0 bridgehead atoms. The number of hydrogen-bond acceptors (Lipinski definition) is 3. The molecule has 2 nitrogen and oxygen atoms in total. The molecular weight excluding hydrogens is 390 g/mol. The normalized spacial score (nSPS) is 11.0. The number of thiazole rings is 1. The smallest absolute Gasteiger partial charge is 0.133 e. The Balaban J connectivity index is 1.66. The summed E-state index contributed by atoms with van der Waals surface area (Å²) < 4.78 is 13.9. The molecule has 2 aromatic carbocycles. The number of hydrogen-bond donors (Lipinski definition) is 1. The van der Waals surface area contributed by atoms with Crippen molar-refractivity contribution in [3.05, 3.63) is 74.1 Å². The van der Waals surface area contributed by atoms with Crippen LogP contribution in [-0.4, -0.2) is 4.98 Å². The number of nitrogens with one attached hydrogen (secondary N) is 1. The van der Waals surface area contributed by atoms with Gasteiger partial charge in [0, 0.05) is 34.9 Å². The van der Waals surface area contributed by atoms with Gasteiger partial charge in [0.2, 0.25) is 0 Å². The van der Waals surface area contributed by atoms with Gasteiger partial charge in [-0.05, 0) is 29.8 Å². The van der Waals surface area contributed by atoms with Crippen molar-refractivity contribution >= 4 is 46.1 Å². The number of benzene rings is 2. The van der Waals surface area contributed by atoms with E-state index >= 15 is 0 Å². The molecule has 0 amide bonds. The van der Waals surface area contributed by atoms with Gasteiger partial charge in [-0.3, -0.25) is 0 Å². The molecule has 24 heavy (non-hydrogen) atoms. The fourth-order valence-electron chi connectivity index (χ4n) is 2.21. The van der Waals surface area contributed by atoms with Crippen LogP contribution in [0.15, 0.2) is 42.6 Å². The molecular formula is C17H12Cl3FN2S. The highest BCUT2D eigenvalue weighted by Gasteiger charge is 2.13. The Morgan fingerprint density at radius 2 is 1.88 bits per heavy atom. The number of halogens is 4. The van der Waals surface area contributed by atoms with Crippen molar-refractivity contribution in [3.8, 4) is 10.4 Å². The maximum atomic E-state index is 13.9. The first-order chi connectivity index (χ1) is 11.5. The summed E-state index contributed by atoms with van der Waals surface area (Å²) in [6.07, 6.45) is 1.64. The van der Waals surface area contributed by atoms with E-state index in [-0.39, 0.29) is 5.82 Å². The van der Waals surface area contributed by atoms with Crippen LogP contribution in [0, 0.1) is 5.82 Å². The van der Waals surface area contributed by atoms with Crippen molar-refractivity contribution in [3.63, 3.8) is 0 Å². The van der Waals surface area contributed by atoms with Crippen LogP contribution >= 0.6 is 46.1 Å². The summed E-state index contributed by atoms with van der Waals surface area (Å²) in [6.45, 7) is 1.14. The molecule has 1 heterocycles. The maximum absolute atomic E-state index is 13.9. The minimum Gasteiger partial charge on any atom is -0.306 e. The molecule has 0 saturated heterocycles. The molecule has 7 heteroatoms. The SMILES string of the molecule is Fc1cccc(Cl)c1-c1cnc(CNCc2ccc(Cl)cc2Cl)s1. The molecule has 0 aliphatic heterocycles. The Hall–Kier alpha value is -1.17. The predicted octanol–water partition coefficient (Wildman–Crippen LogP) is 6.20. The Labute approximate surface area is 158 Å². The summed E-state index contributed by atoms with van der Waals surface area (Å²) in [6, 6.07) is 10.0. The molecule has 0 radical (unpaired) electrons. The van der Waals surface area contributed by atoms with E-state index in [0.29, 0.717) is 38.6 Å². The third-order valence-corrected chi connectivity index (χ3v) is 5.29. The zero-order valence-corrected chi connectivity index (χ0v) is 15.4. The van der Waals surface area contributed by atoms with Gasteiger partial charge < -0.3 is 5.32 Å². The van der Waals surface area contributed by atoms with Gasteiger partial charge in [0.25, 0.3) is 0 Å². The second-order valence-corrected chi connectivity index (χ2v) is 7.42. The maximum Gasteiger partial charge on any atom is 0.133 e. The van der Waals surface area contributed by atoms with Gasteiger partial charge in [0.15, 0.2) is 0 Å². The fourth-order valence-corrected chi connectivity index (χ4v) is 3.95. The van der Waals surface area contributed by atoms with Gasteiger partial charge >= 0.3 is 0 Å². The lowest BCUT2D eigenvalue weighted by Gasteiger charge is -2.05. The Morgan fingerprint density at radius 1 is 1.04 bits per heavy atom. The summed E-state index contributed by atoms with van der Waals surface area (Å²) in [5.41, 5.74) is 1.35. The molecule has 0 spiro atoms. The van der Waals surface area contributed by atoms with Gasteiger partial charge in [0.1, 0.15) is 10.8 Å². The summed E-state index contributed by atoms with van der Waals surface area (Å²) >= 11 is 19.5. The van der Waals surface area contributed by atoms with E-state index in [4.69, 9.17) is 34.8 Å². The minimum absolute atomic E-state index is 0.349. The topological polar surface area (TPSA) is 24.9 Å². The lowest BCUT2D eigenvalue weighted by molar-refractivity contribution is 0.632. The highest BCUT2D eigenvalue weighted by Crippen LogP contribution is 2.34. The molecule has 0 fully saturated rings. The second kappa shape index (κ2) is 7.81. The molecule has 0 aliphatic carbocycles. The van der Waals surface area contributed by atoms with E-state index in [1.54, 1.807) is 30.5 Å². The molecule has 0 unspecified atom stereocenters. The summed E-state index contributed by atoms with van der Waals surface area (Å²) in [4.78, 5) is 5.03. The van der Waals surface area contributed by atoms with E-state index in [1.165, 1.54) is 17.4 Å². The highest BCUT2D eigenvalue weighted by atomic mass is 35.5. The van der Waals surface area contributed by atoms with Gasteiger partial charge in [-0.15, -0.1) is 11.3 Å². The largest absolute Gasteiger partial charge is 0.306 e. The molecule has 0 atom stereocenters. The summed E-state index contributed by atoms with van der Waals surface area (Å²) in [5, 5.41) is 5.71. The van der Waals surface area contributed by atoms with Crippen molar-refractivity contribution in [1.82, 2.24) is 10.3 Å². The van der Waals surface area contributed by atoms with Gasteiger partial charge in [-0.25, -0.2) is 9.37 Å². The first-order valence-corrected chi connectivity index (χ1v) is 9.03. The van der Waals surface area contributed by atoms with E-state index in [9.17, 15) is 4.39 Å². The molecule has 0 aliphatic rings. The van der Waals surface area contributed by atoms with Crippen molar-refractivity contribution < 1.29 is 4.39 Å². The average molecular weight is 402 g/mol. The van der Waals surface area contributed by atoms with Crippen molar-refractivity contribution in [2.24, 2.45) is 0 Å². The number of aromatic nitrogens is 1. The van der Waals surface area contributed by atoms with Crippen molar-refractivity contribution in [2.45, 2.75) is 13.1 Å². The molecule has 124 valence electrons. The molecule has 3 aromatic rings. The first kappa shape index (κ1) is 17.6. The van der Waals surface area contributed by atoms with E-state index < -0.39 is 0 Å². The number of rotatable bonds is 5. The van der Waals surface area contributed by atoms with Crippen LogP contribution in [0.2, 0.25) is 15.1 Å². The highest BCUT2D eigenvalue weighted by molar-refractivity contribution is 7.15. The monoisotopic (exact) mass is 400 g/mol. The van der Waals surface area contributed by atoms with Crippen LogP contribution in [0.5, 0.6) is 0 Å². The van der Waals surface area contributed by atoms with Crippen LogP contribution in [0.4, 0.5) is 4.39 Å². The lowest BCUT2D eigenvalue weighted by Crippen LogP contribution is -2.12. The molecule has 1 aromatic heterocycles. The Bertz CT molecular complexity index is 847. The van der Waals surface area contributed by atoms with Crippen molar-refractivity contribution in [2.75, 3.05) is 0 Å². The van der Waals surface area contributed by atoms with Crippen LogP contribution in [-0.2, 0) is 13.1 Å². The van der Waals surface area contributed by atoms with Gasteiger partial charge in [-0.1, -0.05) is 46.9 Å². The van der Waals surface area contributed by atoms with Crippen LogP contribution in [0.25, 0.3) is 10.4 Å². The lowest BCUT2D eigenvalue weighted by atomic mass is 10.2. The fraction of sp³-hybridized carbons (Fsp3) is 0.118. The zero-order chi connectivity index (χ0) is 17.1. The predicted molar refractivity (Wildman–Crippen MR) is 99.5 cm³/mol. The molecule has 3 rings (SSSR count). The van der Waals surface area contributed by atoms with Crippen LogP contribution in [0.3, 0.4) is 0 Å². The average Bonchev–Trinajstić information content (AvgIpc) is 2.98. The Morgan fingerprint density at radius 3 is 2.62 bits per heavy atom. The van der Waals surface area contributed by atoms with Crippen LogP contribution in [0.1, 0.15) is 10.6 Å². The van der Waals surface area contributed by atoms with Crippen LogP contribution < -0.4 is 5.32 Å². The third kappa shape index (κ3) is 4.08. The van der Waals surface area contributed by atoms with Crippen molar-refractivity contribution in [1.29, 1.82) is 0 Å². The quantitative estimate of drug-likeness (QED) is 0.550.